The minimum atomic E-state index is 0.0152. The van der Waals surface area contributed by atoms with Crippen LogP contribution in [0.2, 0.25) is 0 Å². The van der Waals surface area contributed by atoms with Gasteiger partial charge in [-0.15, -0.1) is 0 Å². The third kappa shape index (κ3) is 1.09. The van der Waals surface area contributed by atoms with Crippen LogP contribution in [0.1, 0.15) is 15.9 Å². The van der Waals surface area contributed by atoms with Crippen LogP contribution in [0.25, 0.3) is 0 Å². The second-order valence-corrected chi connectivity index (χ2v) is 3.18. The quantitative estimate of drug-likeness (QED) is 0.677. The number of nitrogens with two attached hydrogens (primary N) is 1. The summed E-state index contributed by atoms with van der Waals surface area (Å²) >= 11 is 0. The third-order valence-electron chi connectivity index (χ3n) is 2.46. The SMILES string of the molecule is COc1cccc2c1C/C(=C/N)C2=O. The monoisotopic (exact) mass is 189 g/mol. The highest BCUT2D eigenvalue weighted by Crippen LogP contribution is 2.32. The van der Waals surface area contributed by atoms with Crippen LogP contribution in [-0.2, 0) is 6.42 Å². The minimum absolute atomic E-state index is 0.0152. The number of fused-ring (bicyclic) bond motifs is 1. The first-order valence-electron chi connectivity index (χ1n) is 4.39. The van der Waals surface area contributed by atoms with Gasteiger partial charge in [0, 0.05) is 29.3 Å². The molecule has 0 aliphatic heterocycles. The van der Waals surface area contributed by atoms with Gasteiger partial charge in [0.2, 0.25) is 0 Å². The van der Waals surface area contributed by atoms with E-state index in [0.717, 1.165) is 11.3 Å². The van der Waals surface area contributed by atoms with Gasteiger partial charge in [0.05, 0.1) is 7.11 Å². The molecule has 2 N–H and O–H groups in total. The van der Waals surface area contributed by atoms with E-state index >= 15 is 0 Å². The normalized spacial score (nSPS) is 17.2. The Kier molecular flexibility index (Phi) is 2.00. The molecule has 0 spiro atoms. The topological polar surface area (TPSA) is 52.3 Å². The summed E-state index contributed by atoms with van der Waals surface area (Å²) in [4.78, 5) is 11.7. The Morgan fingerprint density at radius 3 is 2.93 bits per heavy atom. The lowest BCUT2D eigenvalue weighted by atomic mass is 10.1. The number of rotatable bonds is 1. The first-order valence-corrected chi connectivity index (χ1v) is 4.39. The van der Waals surface area contributed by atoms with Gasteiger partial charge in [-0.3, -0.25) is 4.79 Å². The van der Waals surface area contributed by atoms with Crippen molar-refractivity contribution in [3.8, 4) is 5.75 Å². The lowest BCUT2D eigenvalue weighted by Crippen LogP contribution is -1.97. The molecular weight excluding hydrogens is 178 g/mol. The molecule has 0 unspecified atom stereocenters. The van der Waals surface area contributed by atoms with Gasteiger partial charge >= 0.3 is 0 Å². The Hall–Kier alpha value is -1.77. The first kappa shape index (κ1) is 8.81. The highest BCUT2D eigenvalue weighted by molar-refractivity contribution is 6.13. The molecule has 3 nitrogen and oxygen atoms in total. The van der Waals surface area contributed by atoms with Gasteiger partial charge in [-0.2, -0.15) is 0 Å². The number of Topliss-reactive ketones (excluding diaryl/α,β-unsaturated/α-hetero) is 1. The zero-order chi connectivity index (χ0) is 10.1. The van der Waals surface area contributed by atoms with Crippen molar-refractivity contribution >= 4 is 5.78 Å². The summed E-state index contributed by atoms with van der Waals surface area (Å²) in [5.74, 6) is 0.772. The van der Waals surface area contributed by atoms with E-state index in [1.807, 2.05) is 12.1 Å². The summed E-state index contributed by atoms with van der Waals surface area (Å²) < 4.78 is 5.18. The standard InChI is InChI=1S/C11H11NO2/c1-14-10-4-2-3-8-9(10)5-7(6-12)11(8)13/h2-4,6H,5,12H2,1H3/b7-6-. The van der Waals surface area contributed by atoms with E-state index in [4.69, 9.17) is 10.5 Å². The van der Waals surface area contributed by atoms with Gasteiger partial charge < -0.3 is 10.5 Å². The number of carbonyl (C=O) groups excluding carboxylic acids is 1. The lowest BCUT2D eigenvalue weighted by molar-refractivity contribution is 0.103. The second kappa shape index (κ2) is 3.18. The molecule has 1 aliphatic carbocycles. The van der Waals surface area contributed by atoms with Crippen LogP contribution in [0.15, 0.2) is 30.0 Å². The fraction of sp³-hybridized carbons (Fsp3) is 0.182. The summed E-state index contributed by atoms with van der Waals surface area (Å²) in [6.07, 6.45) is 1.95. The van der Waals surface area contributed by atoms with E-state index < -0.39 is 0 Å². The maximum atomic E-state index is 11.7. The van der Waals surface area contributed by atoms with Gasteiger partial charge in [-0.05, 0) is 6.07 Å². The molecule has 1 aromatic rings. The Bertz CT molecular complexity index is 421. The maximum Gasteiger partial charge on any atom is 0.191 e. The van der Waals surface area contributed by atoms with E-state index in [1.54, 1.807) is 13.2 Å². The van der Waals surface area contributed by atoms with Crippen LogP contribution < -0.4 is 10.5 Å². The predicted octanol–water partition coefficient (Wildman–Crippen LogP) is 1.28. The van der Waals surface area contributed by atoms with Crippen molar-refractivity contribution in [2.24, 2.45) is 5.73 Å². The van der Waals surface area contributed by atoms with E-state index in [-0.39, 0.29) is 5.78 Å². The van der Waals surface area contributed by atoms with Gasteiger partial charge in [0.25, 0.3) is 0 Å². The Morgan fingerprint density at radius 2 is 2.29 bits per heavy atom. The largest absolute Gasteiger partial charge is 0.496 e. The zero-order valence-corrected chi connectivity index (χ0v) is 7.91. The lowest BCUT2D eigenvalue weighted by Gasteiger charge is -2.04. The number of hydrogen-bond donors (Lipinski definition) is 1. The zero-order valence-electron chi connectivity index (χ0n) is 7.91. The van der Waals surface area contributed by atoms with E-state index in [9.17, 15) is 4.79 Å². The molecule has 72 valence electrons. The predicted molar refractivity (Wildman–Crippen MR) is 53.3 cm³/mol. The summed E-state index contributed by atoms with van der Waals surface area (Å²) in [5, 5.41) is 0. The van der Waals surface area contributed by atoms with E-state index in [0.29, 0.717) is 17.6 Å². The molecule has 0 aromatic heterocycles. The number of allylic oxidation sites excluding steroid dienone is 1. The number of hydrogen-bond acceptors (Lipinski definition) is 3. The number of carbonyl (C=O) groups is 1. The first-order chi connectivity index (χ1) is 6.77. The summed E-state index contributed by atoms with van der Waals surface area (Å²) in [6.45, 7) is 0. The Morgan fingerprint density at radius 1 is 1.50 bits per heavy atom. The molecule has 0 heterocycles. The smallest absolute Gasteiger partial charge is 0.191 e. The molecule has 2 rings (SSSR count). The fourth-order valence-electron chi connectivity index (χ4n) is 1.73. The van der Waals surface area contributed by atoms with Crippen molar-refractivity contribution < 1.29 is 9.53 Å². The van der Waals surface area contributed by atoms with E-state index in [2.05, 4.69) is 0 Å². The van der Waals surface area contributed by atoms with Crippen LogP contribution in [0.4, 0.5) is 0 Å². The third-order valence-corrected chi connectivity index (χ3v) is 2.46. The van der Waals surface area contributed by atoms with Crippen molar-refractivity contribution in [2.45, 2.75) is 6.42 Å². The molecule has 0 radical (unpaired) electrons. The van der Waals surface area contributed by atoms with Crippen LogP contribution in [-0.4, -0.2) is 12.9 Å². The van der Waals surface area contributed by atoms with Gasteiger partial charge in [-0.1, -0.05) is 12.1 Å². The van der Waals surface area contributed by atoms with Crippen molar-refractivity contribution in [3.05, 3.63) is 41.1 Å². The average Bonchev–Trinajstić information content (AvgIpc) is 2.55. The second-order valence-electron chi connectivity index (χ2n) is 3.18. The molecule has 0 saturated heterocycles. The minimum Gasteiger partial charge on any atom is -0.496 e. The number of ether oxygens (including phenoxy) is 1. The molecule has 1 aromatic carbocycles. The van der Waals surface area contributed by atoms with Crippen molar-refractivity contribution in [3.63, 3.8) is 0 Å². The highest BCUT2D eigenvalue weighted by Gasteiger charge is 2.26. The maximum absolute atomic E-state index is 11.7. The van der Waals surface area contributed by atoms with Gasteiger partial charge in [-0.25, -0.2) is 0 Å². The molecule has 0 bridgehead atoms. The Labute approximate surface area is 82.2 Å². The molecule has 3 heteroatoms. The number of benzene rings is 1. The molecule has 0 fully saturated rings. The van der Waals surface area contributed by atoms with Crippen molar-refractivity contribution in [2.75, 3.05) is 7.11 Å². The molecular formula is C11H11NO2. The van der Waals surface area contributed by atoms with E-state index in [1.165, 1.54) is 6.20 Å². The molecule has 0 amide bonds. The van der Waals surface area contributed by atoms with Crippen LogP contribution >= 0.6 is 0 Å². The summed E-state index contributed by atoms with van der Waals surface area (Å²) in [6, 6.07) is 5.47. The summed E-state index contributed by atoms with van der Waals surface area (Å²) in [5.41, 5.74) is 7.67. The van der Waals surface area contributed by atoms with Gasteiger partial charge in [0.15, 0.2) is 5.78 Å². The van der Waals surface area contributed by atoms with Crippen LogP contribution in [0, 0.1) is 0 Å². The van der Waals surface area contributed by atoms with Crippen LogP contribution in [0.3, 0.4) is 0 Å². The highest BCUT2D eigenvalue weighted by atomic mass is 16.5. The molecule has 0 atom stereocenters. The van der Waals surface area contributed by atoms with Crippen molar-refractivity contribution in [1.29, 1.82) is 0 Å². The Balaban J connectivity index is 2.58. The number of methoxy groups -OCH3 is 1. The fourth-order valence-corrected chi connectivity index (χ4v) is 1.73. The average molecular weight is 189 g/mol. The molecule has 0 saturated carbocycles. The molecule has 1 aliphatic rings. The van der Waals surface area contributed by atoms with Crippen molar-refractivity contribution in [1.82, 2.24) is 0 Å². The molecule has 14 heavy (non-hydrogen) atoms. The summed E-state index contributed by atoms with van der Waals surface area (Å²) in [7, 11) is 1.60. The van der Waals surface area contributed by atoms with Gasteiger partial charge in [0.1, 0.15) is 5.75 Å². The van der Waals surface area contributed by atoms with Crippen LogP contribution in [0.5, 0.6) is 5.75 Å². The number of ketones is 1.